The van der Waals surface area contributed by atoms with Gasteiger partial charge in [-0.2, -0.15) is 0 Å². The Balaban J connectivity index is 1.64. The van der Waals surface area contributed by atoms with Crippen molar-refractivity contribution >= 4 is 15.9 Å². The van der Waals surface area contributed by atoms with Gasteiger partial charge in [-0.1, -0.05) is 28.1 Å². The number of fused-ring (bicyclic) bond motifs is 3. The van der Waals surface area contributed by atoms with Gasteiger partial charge in [0.25, 0.3) is 0 Å². The summed E-state index contributed by atoms with van der Waals surface area (Å²) in [6.45, 7) is 6.15. The number of hydrogen-bond donors (Lipinski definition) is 1. The molecule has 3 saturated heterocycles. The van der Waals surface area contributed by atoms with Crippen molar-refractivity contribution in [1.29, 1.82) is 0 Å². The van der Waals surface area contributed by atoms with Crippen molar-refractivity contribution in [2.24, 2.45) is 5.92 Å². The molecule has 98 valence electrons. The molecule has 1 aromatic rings. The molecule has 0 aromatic heterocycles. The van der Waals surface area contributed by atoms with Crippen LogP contribution in [0.5, 0.6) is 0 Å². The van der Waals surface area contributed by atoms with Crippen LogP contribution in [0, 0.1) is 5.92 Å². The minimum Gasteiger partial charge on any atom is -0.306 e. The second kappa shape index (κ2) is 5.32. The van der Waals surface area contributed by atoms with Gasteiger partial charge in [0.05, 0.1) is 0 Å². The zero-order valence-electron chi connectivity index (χ0n) is 10.9. The van der Waals surface area contributed by atoms with Crippen molar-refractivity contribution in [3.8, 4) is 0 Å². The van der Waals surface area contributed by atoms with E-state index in [1.54, 1.807) is 0 Å². The van der Waals surface area contributed by atoms with Crippen LogP contribution in [0.2, 0.25) is 0 Å². The second-order valence-corrected chi connectivity index (χ2v) is 6.60. The Labute approximate surface area is 118 Å². The molecule has 2 bridgehead atoms. The first-order valence-electron chi connectivity index (χ1n) is 6.96. The Kier molecular flexibility index (Phi) is 3.73. The highest BCUT2D eigenvalue weighted by molar-refractivity contribution is 9.10. The fraction of sp³-hybridized carbons (Fsp3) is 0.600. The van der Waals surface area contributed by atoms with Crippen LogP contribution >= 0.6 is 15.9 Å². The molecule has 18 heavy (non-hydrogen) atoms. The largest absolute Gasteiger partial charge is 0.306 e. The van der Waals surface area contributed by atoms with Gasteiger partial charge in [-0.05, 0) is 56.5 Å². The molecular weight excluding hydrogens is 288 g/mol. The minimum absolute atomic E-state index is 0.448. The minimum atomic E-state index is 0.448. The maximum absolute atomic E-state index is 3.83. The Morgan fingerprint density at radius 1 is 1.22 bits per heavy atom. The number of nitrogens with one attached hydrogen (secondary N) is 1. The van der Waals surface area contributed by atoms with E-state index in [4.69, 9.17) is 0 Å². The Hall–Kier alpha value is -0.380. The van der Waals surface area contributed by atoms with E-state index in [1.807, 2.05) is 0 Å². The monoisotopic (exact) mass is 308 g/mol. The van der Waals surface area contributed by atoms with Gasteiger partial charge in [-0.15, -0.1) is 0 Å². The molecule has 3 aliphatic heterocycles. The average Bonchev–Trinajstić information content (AvgIpc) is 2.41. The first-order chi connectivity index (χ1) is 8.72. The summed E-state index contributed by atoms with van der Waals surface area (Å²) in [5, 5.41) is 3.83. The van der Waals surface area contributed by atoms with Gasteiger partial charge >= 0.3 is 0 Å². The first-order valence-corrected chi connectivity index (χ1v) is 7.75. The van der Waals surface area contributed by atoms with Crippen molar-refractivity contribution in [3.63, 3.8) is 0 Å². The van der Waals surface area contributed by atoms with Crippen LogP contribution in [0.3, 0.4) is 0 Å². The van der Waals surface area contributed by atoms with Crippen LogP contribution in [0.1, 0.15) is 31.4 Å². The highest BCUT2D eigenvalue weighted by atomic mass is 79.9. The molecule has 3 aliphatic rings. The maximum atomic E-state index is 3.83. The van der Waals surface area contributed by atoms with Gasteiger partial charge in [0.2, 0.25) is 0 Å². The molecule has 4 rings (SSSR count). The molecule has 0 saturated carbocycles. The zero-order valence-corrected chi connectivity index (χ0v) is 12.5. The number of rotatable bonds is 3. The topological polar surface area (TPSA) is 15.3 Å². The summed E-state index contributed by atoms with van der Waals surface area (Å²) in [4.78, 5) is 2.60. The van der Waals surface area contributed by atoms with Crippen molar-refractivity contribution in [2.75, 3.05) is 19.6 Å². The van der Waals surface area contributed by atoms with Gasteiger partial charge < -0.3 is 10.2 Å². The van der Waals surface area contributed by atoms with Gasteiger partial charge in [0.15, 0.2) is 0 Å². The van der Waals surface area contributed by atoms with E-state index in [9.17, 15) is 0 Å². The molecule has 1 aromatic carbocycles. The summed E-state index contributed by atoms with van der Waals surface area (Å²) < 4.78 is 1.15. The molecule has 0 radical (unpaired) electrons. The molecule has 1 N–H and O–H groups in total. The molecule has 3 heteroatoms. The van der Waals surface area contributed by atoms with Crippen molar-refractivity contribution in [1.82, 2.24) is 10.2 Å². The summed E-state index contributed by atoms with van der Waals surface area (Å²) in [6.07, 6.45) is 2.76. The number of nitrogens with zero attached hydrogens (tertiary/aromatic N) is 1. The van der Waals surface area contributed by atoms with Gasteiger partial charge in [0.1, 0.15) is 0 Å². The van der Waals surface area contributed by atoms with Crippen LogP contribution in [0.4, 0.5) is 0 Å². The Bertz CT molecular complexity index is 395. The molecular formula is C15H21BrN2. The summed E-state index contributed by atoms with van der Waals surface area (Å²) in [5.41, 5.74) is 1.38. The number of hydrogen-bond acceptors (Lipinski definition) is 2. The number of piperidine rings is 3. The van der Waals surface area contributed by atoms with E-state index in [2.05, 4.69) is 57.3 Å². The lowest BCUT2D eigenvalue weighted by Crippen LogP contribution is -2.56. The highest BCUT2D eigenvalue weighted by Crippen LogP contribution is 2.29. The highest BCUT2D eigenvalue weighted by Gasteiger charge is 2.34. The van der Waals surface area contributed by atoms with E-state index >= 15 is 0 Å². The van der Waals surface area contributed by atoms with E-state index in [0.717, 1.165) is 10.4 Å². The molecule has 2 atom stereocenters. The number of halogens is 1. The lowest BCUT2D eigenvalue weighted by molar-refractivity contribution is 0.0680. The van der Waals surface area contributed by atoms with E-state index < -0.39 is 0 Å². The molecule has 3 fully saturated rings. The molecule has 2 unspecified atom stereocenters. The van der Waals surface area contributed by atoms with Crippen LogP contribution in [-0.4, -0.2) is 30.6 Å². The van der Waals surface area contributed by atoms with Crippen LogP contribution in [0.15, 0.2) is 28.7 Å². The van der Waals surface area contributed by atoms with Gasteiger partial charge in [-0.3, -0.25) is 0 Å². The van der Waals surface area contributed by atoms with Gasteiger partial charge in [0, 0.05) is 23.1 Å². The SMILES string of the molecule is CC(NC1CN2CCC1CC2)c1ccc(Br)cc1. The van der Waals surface area contributed by atoms with Crippen LogP contribution in [0.25, 0.3) is 0 Å². The summed E-state index contributed by atoms with van der Waals surface area (Å²) >= 11 is 3.49. The first kappa shape index (κ1) is 12.6. The predicted molar refractivity (Wildman–Crippen MR) is 78.6 cm³/mol. The standard InChI is InChI=1S/C15H21BrN2/c1-11(12-2-4-14(16)5-3-12)17-15-10-18-8-6-13(15)7-9-18/h2-5,11,13,15,17H,6-10H2,1H3. The third-order valence-corrected chi connectivity index (χ3v) is 5.02. The molecule has 0 spiro atoms. The third-order valence-electron chi connectivity index (χ3n) is 4.49. The van der Waals surface area contributed by atoms with Crippen molar-refractivity contribution < 1.29 is 0 Å². The lowest BCUT2D eigenvalue weighted by Gasteiger charge is -2.46. The second-order valence-electron chi connectivity index (χ2n) is 5.68. The van der Waals surface area contributed by atoms with Crippen molar-refractivity contribution in [2.45, 2.75) is 31.8 Å². The average molecular weight is 309 g/mol. The molecule has 0 aliphatic carbocycles. The number of benzene rings is 1. The Morgan fingerprint density at radius 3 is 2.44 bits per heavy atom. The third kappa shape index (κ3) is 2.63. The predicted octanol–water partition coefficient (Wildman–Crippen LogP) is 3.19. The fourth-order valence-corrected chi connectivity index (χ4v) is 3.59. The summed E-state index contributed by atoms with van der Waals surface area (Å²) in [5.74, 6) is 0.896. The molecule has 0 amide bonds. The van der Waals surface area contributed by atoms with Gasteiger partial charge in [-0.25, -0.2) is 0 Å². The Morgan fingerprint density at radius 2 is 1.89 bits per heavy atom. The zero-order chi connectivity index (χ0) is 12.5. The molecule has 2 nitrogen and oxygen atoms in total. The van der Waals surface area contributed by atoms with Crippen LogP contribution < -0.4 is 5.32 Å². The summed E-state index contributed by atoms with van der Waals surface area (Å²) in [6, 6.07) is 9.81. The summed E-state index contributed by atoms with van der Waals surface area (Å²) in [7, 11) is 0. The van der Waals surface area contributed by atoms with E-state index in [-0.39, 0.29) is 0 Å². The van der Waals surface area contributed by atoms with Crippen LogP contribution in [-0.2, 0) is 0 Å². The normalized spacial score (nSPS) is 32.4. The van der Waals surface area contributed by atoms with E-state index in [0.29, 0.717) is 12.1 Å². The smallest absolute Gasteiger partial charge is 0.0295 e. The quantitative estimate of drug-likeness (QED) is 0.922. The van der Waals surface area contributed by atoms with Crippen molar-refractivity contribution in [3.05, 3.63) is 34.3 Å². The van der Waals surface area contributed by atoms with E-state index in [1.165, 1.54) is 38.0 Å². The fourth-order valence-electron chi connectivity index (χ4n) is 3.32. The molecule has 3 heterocycles. The maximum Gasteiger partial charge on any atom is 0.0295 e. The lowest BCUT2D eigenvalue weighted by atomic mass is 9.83.